The van der Waals surface area contributed by atoms with Crippen LogP contribution in [-0.4, -0.2) is 97.5 Å². The smallest absolute Gasteiger partial charge is 0.186 e. The molecule has 15 atom stereocenters. The quantitative estimate of drug-likeness (QED) is 0.203. The molecule has 2 aliphatic heterocycles. The Hall–Kier alpha value is -0.360. The Bertz CT molecular complexity index is 1080. The first-order valence-corrected chi connectivity index (χ1v) is 18.3. The zero-order valence-corrected chi connectivity index (χ0v) is 30.0. The average molecular weight is 655 g/mol. The molecule has 0 aromatic heterocycles. The molecular weight excluding hydrogens is 588 g/mol. The van der Waals surface area contributed by atoms with E-state index in [2.05, 4.69) is 41.5 Å². The SMILES string of the molecule is CC[C@H](O)[C@H]1C(C)(C)C(O[C@@H]2OC[C@@H](O)[C@H](O)[C@H]2O)CC[C@@]12CC2CC[C@]1(C)[C@@H]([C@@]2(C)CC[C@@H](C(C)(C)O)O2)[C@@H](O)C[C@@]1(C)CC. The molecule has 0 bridgehead atoms. The third-order valence-electron chi connectivity index (χ3n) is 14.6. The largest absolute Gasteiger partial charge is 0.393 e. The molecule has 2 heterocycles. The molecule has 0 amide bonds. The molecular formula is C37H66O9. The normalized spacial score (nSPS) is 51.5. The molecule has 0 radical (unpaired) electrons. The highest BCUT2D eigenvalue weighted by Crippen LogP contribution is 2.73. The Morgan fingerprint density at radius 2 is 1.59 bits per heavy atom. The van der Waals surface area contributed by atoms with Crippen molar-refractivity contribution in [2.75, 3.05) is 6.61 Å². The van der Waals surface area contributed by atoms with Crippen molar-refractivity contribution in [3.05, 3.63) is 0 Å². The minimum absolute atomic E-state index is 0.00794. The predicted molar refractivity (Wildman–Crippen MR) is 175 cm³/mol. The molecule has 1 spiro atoms. The molecule has 5 fully saturated rings. The maximum Gasteiger partial charge on any atom is 0.186 e. The fourth-order valence-corrected chi connectivity index (χ4v) is 11.5. The van der Waals surface area contributed by atoms with Crippen LogP contribution in [0.5, 0.6) is 0 Å². The summed E-state index contributed by atoms with van der Waals surface area (Å²) in [5.74, 6) is 0.397. The lowest BCUT2D eigenvalue weighted by atomic mass is 9.55. The molecule has 268 valence electrons. The van der Waals surface area contributed by atoms with Crippen molar-refractivity contribution in [2.45, 2.75) is 187 Å². The van der Waals surface area contributed by atoms with E-state index in [0.29, 0.717) is 12.3 Å². The number of aliphatic hydroxyl groups is 6. The van der Waals surface area contributed by atoms with Gasteiger partial charge in [0.25, 0.3) is 0 Å². The molecule has 2 unspecified atom stereocenters. The molecule has 9 nitrogen and oxygen atoms in total. The third kappa shape index (κ3) is 5.93. The van der Waals surface area contributed by atoms with Crippen LogP contribution in [0.2, 0.25) is 0 Å². The van der Waals surface area contributed by atoms with E-state index in [9.17, 15) is 30.6 Å². The number of hydrogen-bond acceptors (Lipinski definition) is 9. The molecule has 5 aliphatic rings. The number of rotatable bonds is 10. The Balaban J connectivity index is 1.35. The van der Waals surface area contributed by atoms with E-state index in [0.717, 1.165) is 57.8 Å². The molecule has 0 aromatic carbocycles. The van der Waals surface area contributed by atoms with Crippen molar-refractivity contribution in [1.82, 2.24) is 0 Å². The maximum absolute atomic E-state index is 11.7. The van der Waals surface area contributed by atoms with E-state index in [1.807, 2.05) is 20.8 Å². The molecule has 2 saturated heterocycles. The van der Waals surface area contributed by atoms with Crippen LogP contribution in [0.4, 0.5) is 0 Å². The van der Waals surface area contributed by atoms with Crippen LogP contribution < -0.4 is 0 Å². The van der Waals surface area contributed by atoms with Gasteiger partial charge >= 0.3 is 0 Å². The van der Waals surface area contributed by atoms with E-state index in [1.165, 1.54) is 0 Å². The molecule has 0 aromatic rings. The number of ether oxygens (including phenoxy) is 3. The van der Waals surface area contributed by atoms with Gasteiger partial charge < -0.3 is 44.8 Å². The van der Waals surface area contributed by atoms with Crippen LogP contribution in [0.15, 0.2) is 0 Å². The topological polar surface area (TPSA) is 149 Å². The highest BCUT2D eigenvalue weighted by Gasteiger charge is 2.69. The van der Waals surface area contributed by atoms with Crippen LogP contribution in [0.3, 0.4) is 0 Å². The van der Waals surface area contributed by atoms with Crippen LogP contribution in [0.1, 0.15) is 127 Å². The lowest BCUT2D eigenvalue weighted by molar-refractivity contribution is -0.302. The molecule has 3 aliphatic carbocycles. The van der Waals surface area contributed by atoms with Crippen molar-refractivity contribution in [3.8, 4) is 0 Å². The zero-order valence-electron chi connectivity index (χ0n) is 30.0. The van der Waals surface area contributed by atoms with Gasteiger partial charge in [0.2, 0.25) is 0 Å². The molecule has 46 heavy (non-hydrogen) atoms. The van der Waals surface area contributed by atoms with Gasteiger partial charge in [-0.3, -0.25) is 0 Å². The van der Waals surface area contributed by atoms with Crippen LogP contribution in [-0.2, 0) is 14.2 Å². The standard InChI is InChI=1S/C37H66O9/c1-10-22(38)29-32(3,4)25(45-31-28(42)27(41)24(40)20-44-31)14-17-37(29)18-21(37)12-15-35(8)30(23(39)19-34(35,7)11-2)36(9)16-13-26(46-36)33(5,6)43/h21-31,38-43H,10-20H2,1-9H3/t21?,22-,23-,24+,25?,26-,27-,28+,29-,30-,31-,34+,35+,36+,37-/m0/s1. The summed E-state index contributed by atoms with van der Waals surface area (Å²) < 4.78 is 18.7. The molecule has 6 N–H and O–H groups in total. The van der Waals surface area contributed by atoms with Crippen molar-refractivity contribution < 1.29 is 44.8 Å². The van der Waals surface area contributed by atoms with Gasteiger partial charge in [0.05, 0.1) is 42.2 Å². The van der Waals surface area contributed by atoms with Gasteiger partial charge in [-0.2, -0.15) is 0 Å². The van der Waals surface area contributed by atoms with E-state index in [1.54, 1.807) is 0 Å². The van der Waals surface area contributed by atoms with Gasteiger partial charge in [-0.05, 0) is 112 Å². The van der Waals surface area contributed by atoms with Gasteiger partial charge in [-0.1, -0.05) is 48.0 Å². The van der Waals surface area contributed by atoms with E-state index >= 15 is 0 Å². The maximum atomic E-state index is 11.7. The Kier molecular flexibility index (Phi) is 9.99. The van der Waals surface area contributed by atoms with E-state index < -0.39 is 53.4 Å². The predicted octanol–water partition coefficient (Wildman–Crippen LogP) is 4.32. The summed E-state index contributed by atoms with van der Waals surface area (Å²) in [6.07, 6.45) is 2.32. The first-order valence-electron chi connectivity index (χ1n) is 18.3. The lowest BCUT2D eigenvalue weighted by Crippen LogP contribution is -2.58. The fourth-order valence-electron chi connectivity index (χ4n) is 11.5. The lowest BCUT2D eigenvalue weighted by Gasteiger charge is -2.53. The summed E-state index contributed by atoms with van der Waals surface area (Å²) in [6, 6.07) is 0. The van der Waals surface area contributed by atoms with Gasteiger partial charge in [0, 0.05) is 5.92 Å². The molecule has 9 heteroatoms. The average Bonchev–Trinajstić information content (AvgIpc) is 3.40. The first kappa shape index (κ1) is 36.9. The van der Waals surface area contributed by atoms with E-state index in [-0.39, 0.29) is 46.9 Å². The molecule has 3 saturated carbocycles. The summed E-state index contributed by atoms with van der Waals surface area (Å²) in [4.78, 5) is 0. The van der Waals surface area contributed by atoms with Crippen LogP contribution in [0, 0.1) is 39.4 Å². The van der Waals surface area contributed by atoms with Gasteiger partial charge in [-0.15, -0.1) is 0 Å². The van der Waals surface area contributed by atoms with Gasteiger partial charge in [-0.25, -0.2) is 0 Å². The molecule has 5 rings (SSSR count). The summed E-state index contributed by atoms with van der Waals surface area (Å²) in [5.41, 5.74) is -2.09. The monoisotopic (exact) mass is 654 g/mol. The Morgan fingerprint density at radius 1 is 0.913 bits per heavy atom. The van der Waals surface area contributed by atoms with Crippen molar-refractivity contribution in [2.24, 2.45) is 39.4 Å². The fraction of sp³-hybridized carbons (Fsp3) is 1.00. The highest BCUT2D eigenvalue weighted by atomic mass is 16.7. The van der Waals surface area contributed by atoms with Gasteiger partial charge in [0.15, 0.2) is 6.29 Å². The number of hydrogen-bond donors (Lipinski definition) is 6. The minimum Gasteiger partial charge on any atom is -0.393 e. The Labute approximate surface area is 277 Å². The second kappa shape index (κ2) is 12.4. The second-order valence-electron chi connectivity index (χ2n) is 18.1. The van der Waals surface area contributed by atoms with Crippen molar-refractivity contribution in [3.63, 3.8) is 0 Å². The summed E-state index contributed by atoms with van der Waals surface area (Å²) in [5, 5.41) is 64.8. The third-order valence-corrected chi connectivity index (χ3v) is 14.6. The van der Waals surface area contributed by atoms with E-state index in [4.69, 9.17) is 14.2 Å². The van der Waals surface area contributed by atoms with Crippen LogP contribution >= 0.6 is 0 Å². The second-order valence-corrected chi connectivity index (χ2v) is 18.1. The van der Waals surface area contributed by atoms with Gasteiger partial charge in [0.1, 0.15) is 18.3 Å². The zero-order chi connectivity index (χ0) is 34.3. The Morgan fingerprint density at radius 3 is 2.17 bits per heavy atom. The highest BCUT2D eigenvalue weighted by molar-refractivity contribution is 5.18. The number of aliphatic hydroxyl groups excluding tert-OH is 5. The van der Waals surface area contributed by atoms with Crippen molar-refractivity contribution in [1.29, 1.82) is 0 Å². The summed E-state index contributed by atoms with van der Waals surface area (Å²) in [6.45, 7) is 19.0. The minimum atomic E-state index is -1.34. The summed E-state index contributed by atoms with van der Waals surface area (Å²) >= 11 is 0. The van der Waals surface area contributed by atoms with Crippen molar-refractivity contribution >= 4 is 0 Å². The van der Waals surface area contributed by atoms with Crippen LogP contribution in [0.25, 0.3) is 0 Å². The first-order chi connectivity index (χ1) is 21.2. The summed E-state index contributed by atoms with van der Waals surface area (Å²) in [7, 11) is 0.